The maximum Gasteiger partial charge on any atom is 0.262 e. The van der Waals surface area contributed by atoms with Crippen LogP contribution in [0.4, 0.5) is 0 Å². The number of likely N-dealkylation sites (tertiary alicyclic amines) is 1. The van der Waals surface area contributed by atoms with Crippen molar-refractivity contribution in [3.8, 4) is 0 Å². The molecule has 3 aliphatic rings. The topological polar surface area (TPSA) is 107 Å². The number of imide groups is 2. The number of carbonyl (C=O) groups is 4. The second-order valence-electron chi connectivity index (χ2n) is 7.33. The standard InChI is InChI=1S/C19H21N3O5/c23-12-5-7-21(8-6-12)10-11-1-2-13-14(9-11)19(27)22(18(13)26)15-3-4-16(24)20-17(15)25/h1-2,9,12,15,23H,3-8,10H2,(H,20,24,25). The Morgan fingerprint density at radius 2 is 1.70 bits per heavy atom. The van der Waals surface area contributed by atoms with Crippen LogP contribution in [-0.2, 0) is 16.1 Å². The highest BCUT2D eigenvalue weighted by Gasteiger charge is 2.44. The predicted octanol–water partition coefficient (Wildman–Crippen LogP) is 0.0445. The number of hydrogen-bond acceptors (Lipinski definition) is 6. The van der Waals surface area contributed by atoms with Crippen molar-refractivity contribution in [2.24, 2.45) is 0 Å². The van der Waals surface area contributed by atoms with Crippen LogP contribution in [0.2, 0.25) is 0 Å². The Balaban J connectivity index is 1.53. The Kier molecular flexibility index (Phi) is 4.53. The molecule has 3 aliphatic heterocycles. The molecular formula is C19H21N3O5. The molecule has 4 rings (SSSR count). The lowest BCUT2D eigenvalue weighted by atomic mass is 10.0. The van der Waals surface area contributed by atoms with E-state index in [0.29, 0.717) is 17.7 Å². The number of nitrogens with one attached hydrogen (secondary N) is 1. The van der Waals surface area contributed by atoms with Gasteiger partial charge in [-0.1, -0.05) is 6.07 Å². The zero-order chi connectivity index (χ0) is 19.1. The molecule has 2 saturated heterocycles. The zero-order valence-corrected chi connectivity index (χ0v) is 14.8. The summed E-state index contributed by atoms with van der Waals surface area (Å²) in [5.41, 5.74) is 1.51. The van der Waals surface area contributed by atoms with Gasteiger partial charge < -0.3 is 5.11 Å². The predicted molar refractivity (Wildman–Crippen MR) is 93.6 cm³/mol. The molecule has 2 fully saturated rings. The van der Waals surface area contributed by atoms with Gasteiger partial charge in [-0.05, 0) is 37.0 Å². The van der Waals surface area contributed by atoms with Crippen molar-refractivity contribution < 1.29 is 24.3 Å². The summed E-state index contributed by atoms with van der Waals surface area (Å²) in [6.07, 6.45) is 1.47. The molecule has 1 aromatic carbocycles. The first-order chi connectivity index (χ1) is 12.9. The Labute approximate surface area is 156 Å². The molecule has 1 unspecified atom stereocenters. The number of rotatable bonds is 3. The Bertz CT molecular complexity index is 829. The molecule has 8 heteroatoms. The van der Waals surface area contributed by atoms with Crippen LogP contribution >= 0.6 is 0 Å². The molecule has 0 bridgehead atoms. The molecular weight excluding hydrogens is 350 g/mol. The number of carbonyl (C=O) groups excluding carboxylic acids is 4. The minimum absolute atomic E-state index is 0.107. The zero-order valence-electron chi connectivity index (χ0n) is 14.8. The Morgan fingerprint density at radius 1 is 1.00 bits per heavy atom. The van der Waals surface area contributed by atoms with Crippen molar-refractivity contribution in [3.05, 3.63) is 34.9 Å². The first-order valence-electron chi connectivity index (χ1n) is 9.19. The van der Waals surface area contributed by atoms with E-state index in [1.807, 2.05) is 6.07 Å². The lowest BCUT2D eigenvalue weighted by Gasteiger charge is -2.29. The van der Waals surface area contributed by atoms with Gasteiger partial charge in [0.25, 0.3) is 11.8 Å². The van der Waals surface area contributed by atoms with E-state index in [0.717, 1.165) is 36.4 Å². The summed E-state index contributed by atoms with van der Waals surface area (Å²) in [4.78, 5) is 52.1. The average molecular weight is 371 g/mol. The van der Waals surface area contributed by atoms with Gasteiger partial charge in [0, 0.05) is 26.1 Å². The third-order valence-electron chi connectivity index (χ3n) is 5.47. The van der Waals surface area contributed by atoms with Crippen LogP contribution in [-0.4, -0.2) is 63.8 Å². The number of aliphatic hydroxyl groups excluding tert-OH is 1. The summed E-state index contributed by atoms with van der Waals surface area (Å²) < 4.78 is 0. The van der Waals surface area contributed by atoms with Crippen molar-refractivity contribution in [2.45, 2.75) is 44.4 Å². The van der Waals surface area contributed by atoms with E-state index in [2.05, 4.69) is 10.2 Å². The molecule has 3 heterocycles. The maximum atomic E-state index is 12.8. The third kappa shape index (κ3) is 3.26. The van der Waals surface area contributed by atoms with E-state index in [1.54, 1.807) is 12.1 Å². The summed E-state index contributed by atoms with van der Waals surface area (Å²) in [6, 6.07) is 4.23. The molecule has 1 atom stereocenters. The lowest BCUT2D eigenvalue weighted by Crippen LogP contribution is -2.54. The van der Waals surface area contributed by atoms with Gasteiger partial charge in [0.05, 0.1) is 17.2 Å². The van der Waals surface area contributed by atoms with Crippen LogP contribution in [0.5, 0.6) is 0 Å². The van der Waals surface area contributed by atoms with Gasteiger partial charge >= 0.3 is 0 Å². The number of benzene rings is 1. The van der Waals surface area contributed by atoms with E-state index in [4.69, 9.17) is 0 Å². The van der Waals surface area contributed by atoms with Crippen LogP contribution in [0.15, 0.2) is 18.2 Å². The van der Waals surface area contributed by atoms with E-state index in [-0.39, 0.29) is 24.9 Å². The van der Waals surface area contributed by atoms with Crippen molar-refractivity contribution >= 4 is 23.6 Å². The van der Waals surface area contributed by atoms with Gasteiger partial charge in [0.2, 0.25) is 11.8 Å². The first kappa shape index (κ1) is 17.8. The van der Waals surface area contributed by atoms with Gasteiger partial charge in [-0.15, -0.1) is 0 Å². The minimum Gasteiger partial charge on any atom is -0.393 e. The van der Waals surface area contributed by atoms with E-state index in [9.17, 15) is 24.3 Å². The highest BCUT2D eigenvalue weighted by atomic mass is 16.3. The first-order valence-corrected chi connectivity index (χ1v) is 9.19. The smallest absolute Gasteiger partial charge is 0.262 e. The minimum atomic E-state index is -0.942. The number of amides is 4. The molecule has 0 aliphatic carbocycles. The molecule has 4 amide bonds. The molecule has 0 saturated carbocycles. The third-order valence-corrected chi connectivity index (χ3v) is 5.47. The SMILES string of the molecule is O=C1CCC(N2C(=O)c3ccc(CN4CCC(O)CC4)cc3C2=O)C(=O)N1. The van der Waals surface area contributed by atoms with Crippen molar-refractivity contribution in [2.75, 3.05) is 13.1 Å². The average Bonchev–Trinajstić information content (AvgIpc) is 2.88. The Hall–Kier alpha value is -2.58. The van der Waals surface area contributed by atoms with Crippen molar-refractivity contribution in [1.82, 2.24) is 15.1 Å². The number of fused-ring (bicyclic) bond motifs is 1. The van der Waals surface area contributed by atoms with Gasteiger partial charge in [-0.3, -0.25) is 34.3 Å². The second kappa shape index (κ2) is 6.86. The van der Waals surface area contributed by atoms with Crippen LogP contribution in [0, 0.1) is 0 Å². The summed E-state index contributed by atoms with van der Waals surface area (Å²) >= 11 is 0. The fraction of sp³-hybridized carbons (Fsp3) is 0.474. The van der Waals surface area contributed by atoms with Gasteiger partial charge in [-0.2, -0.15) is 0 Å². The molecule has 8 nitrogen and oxygen atoms in total. The molecule has 27 heavy (non-hydrogen) atoms. The molecule has 2 N–H and O–H groups in total. The van der Waals surface area contributed by atoms with Crippen molar-refractivity contribution in [3.63, 3.8) is 0 Å². The summed E-state index contributed by atoms with van der Waals surface area (Å²) in [5, 5.41) is 11.8. The molecule has 0 spiro atoms. The number of aliphatic hydroxyl groups is 1. The highest BCUT2D eigenvalue weighted by molar-refractivity contribution is 6.23. The van der Waals surface area contributed by atoms with E-state index < -0.39 is 23.8 Å². The van der Waals surface area contributed by atoms with Crippen molar-refractivity contribution in [1.29, 1.82) is 0 Å². The highest BCUT2D eigenvalue weighted by Crippen LogP contribution is 2.28. The summed E-state index contributed by atoms with van der Waals surface area (Å²) in [5.74, 6) is -1.97. The maximum absolute atomic E-state index is 12.8. The van der Waals surface area contributed by atoms with Crippen LogP contribution < -0.4 is 5.32 Å². The van der Waals surface area contributed by atoms with Crippen LogP contribution in [0.1, 0.15) is 52.0 Å². The molecule has 1 aromatic rings. The normalized spacial score (nSPS) is 24.3. The van der Waals surface area contributed by atoms with Gasteiger partial charge in [-0.25, -0.2) is 0 Å². The monoisotopic (exact) mass is 371 g/mol. The second-order valence-corrected chi connectivity index (χ2v) is 7.33. The fourth-order valence-corrected chi connectivity index (χ4v) is 3.95. The Morgan fingerprint density at radius 3 is 2.41 bits per heavy atom. The van der Waals surface area contributed by atoms with E-state index >= 15 is 0 Å². The number of piperidine rings is 2. The van der Waals surface area contributed by atoms with Crippen LogP contribution in [0.3, 0.4) is 0 Å². The molecule has 0 aromatic heterocycles. The molecule has 0 radical (unpaired) electrons. The quantitative estimate of drug-likeness (QED) is 0.727. The fourth-order valence-electron chi connectivity index (χ4n) is 3.95. The lowest BCUT2D eigenvalue weighted by molar-refractivity contribution is -0.136. The number of hydrogen-bond donors (Lipinski definition) is 2. The van der Waals surface area contributed by atoms with Crippen LogP contribution in [0.25, 0.3) is 0 Å². The largest absolute Gasteiger partial charge is 0.393 e. The van der Waals surface area contributed by atoms with Gasteiger partial charge in [0.15, 0.2) is 0 Å². The summed E-state index contributed by atoms with van der Waals surface area (Å²) in [6.45, 7) is 2.21. The summed E-state index contributed by atoms with van der Waals surface area (Å²) in [7, 11) is 0. The number of nitrogens with zero attached hydrogens (tertiary/aromatic N) is 2. The molecule has 142 valence electrons. The van der Waals surface area contributed by atoms with E-state index in [1.165, 1.54) is 0 Å². The van der Waals surface area contributed by atoms with Gasteiger partial charge in [0.1, 0.15) is 6.04 Å².